The molecule has 0 saturated carbocycles. The lowest BCUT2D eigenvalue weighted by molar-refractivity contribution is 0.0987. The van der Waals surface area contributed by atoms with Crippen LogP contribution in [0.2, 0.25) is 0 Å². The number of rotatable bonds is 2. The van der Waals surface area contributed by atoms with Gasteiger partial charge in [-0.3, -0.25) is 4.79 Å². The number of nitrogens with two attached hydrogens (primary N) is 1. The predicted octanol–water partition coefficient (Wildman–Crippen LogP) is 3.48. The topological polar surface area (TPSA) is 49.6 Å². The number of amides is 1. The number of benzene rings is 2. The number of carbonyl (C=O) groups excluding carboxylic acids is 1. The summed E-state index contributed by atoms with van der Waals surface area (Å²) in [6.45, 7) is 2.18. The largest absolute Gasteiger partial charge is 0.373 e. The second-order valence-electron chi connectivity index (χ2n) is 5.62. The van der Waals surface area contributed by atoms with Crippen molar-refractivity contribution in [3.05, 3.63) is 59.7 Å². The van der Waals surface area contributed by atoms with E-state index in [4.69, 9.17) is 5.73 Å². The summed E-state index contributed by atoms with van der Waals surface area (Å²) >= 11 is 0. The molecule has 1 aliphatic rings. The van der Waals surface area contributed by atoms with Gasteiger partial charge in [-0.25, -0.2) is 0 Å². The lowest BCUT2D eigenvalue weighted by atomic mass is 10.1. The van der Waals surface area contributed by atoms with Crippen molar-refractivity contribution in [1.29, 1.82) is 0 Å². The van der Waals surface area contributed by atoms with Crippen LogP contribution in [0.15, 0.2) is 48.5 Å². The first kappa shape index (κ1) is 20.3. The molecule has 24 heavy (non-hydrogen) atoms. The van der Waals surface area contributed by atoms with Crippen molar-refractivity contribution in [3.8, 4) is 0 Å². The summed E-state index contributed by atoms with van der Waals surface area (Å²) in [6, 6.07) is 15.6. The molecule has 0 saturated heterocycles. The highest BCUT2D eigenvalue weighted by Gasteiger charge is 2.23. The first-order valence-electron chi connectivity index (χ1n) is 7.62. The maximum absolute atomic E-state index is 12.9. The lowest BCUT2D eigenvalue weighted by Crippen LogP contribution is -2.31. The van der Waals surface area contributed by atoms with Crippen molar-refractivity contribution in [2.45, 2.75) is 13.0 Å². The van der Waals surface area contributed by atoms with Crippen LogP contribution >= 0.6 is 24.8 Å². The van der Waals surface area contributed by atoms with Gasteiger partial charge in [-0.2, -0.15) is 0 Å². The minimum atomic E-state index is 0. The molecule has 1 amide bonds. The molecule has 0 fully saturated rings. The summed E-state index contributed by atoms with van der Waals surface area (Å²) in [5, 5.41) is 0. The normalized spacial score (nSPS) is 13.2. The Morgan fingerprint density at radius 2 is 1.62 bits per heavy atom. The summed E-state index contributed by atoms with van der Waals surface area (Å²) in [6.07, 6.45) is 0.956. The van der Waals surface area contributed by atoms with Crippen molar-refractivity contribution in [2.24, 2.45) is 5.73 Å². The van der Waals surface area contributed by atoms with E-state index in [1.807, 2.05) is 47.4 Å². The van der Waals surface area contributed by atoms with Crippen LogP contribution in [0.5, 0.6) is 0 Å². The van der Waals surface area contributed by atoms with Gasteiger partial charge in [0, 0.05) is 32.2 Å². The van der Waals surface area contributed by atoms with Crippen LogP contribution in [0.25, 0.3) is 0 Å². The number of halogens is 2. The number of fused-ring (bicyclic) bond motifs is 1. The van der Waals surface area contributed by atoms with Crippen LogP contribution in [0.4, 0.5) is 11.4 Å². The average Bonchev–Trinajstić information content (AvgIpc) is 2.74. The summed E-state index contributed by atoms with van der Waals surface area (Å²) < 4.78 is 0. The Bertz CT molecular complexity index is 676. The van der Waals surface area contributed by atoms with E-state index >= 15 is 0 Å². The third-order valence-corrected chi connectivity index (χ3v) is 4.14. The van der Waals surface area contributed by atoms with E-state index in [0.717, 1.165) is 36.4 Å². The molecular formula is C18H23Cl2N3O. The number of anilines is 2. The van der Waals surface area contributed by atoms with Gasteiger partial charge in [0.05, 0.1) is 11.4 Å². The molecule has 0 radical (unpaired) electrons. The van der Waals surface area contributed by atoms with Crippen LogP contribution in [0, 0.1) is 0 Å². The molecule has 0 aliphatic carbocycles. The first-order valence-corrected chi connectivity index (χ1v) is 7.62. The zero-order valence-corrected chi connectivity index (χ0v) is 15.3. The van der Waals surface area contributed by atoms with E-state index in [9.17, 15) is 4.79 Å². The standard InChI is InChI=1S/C18H21N3O.2ClH/c1-20-11-4-12-21(17-6-3-2-5-16(17)20)18(22)15-9-7-14(13-19)8-10-15;;/h2-3,5-10H,4,11-13,19H2,1H3;2*1H. The van der Waals surface area contributed by atoms with Crippen LogP contribution < -0.4 is 15.5 Å². The van der Waals surface area contributed by atoms with E-state index in [1.165, 1.54) is 0 Å². The van der Waals surface area contributed by atoms with Gasteiger partial charge >= 0.3 is 0 Å². The minimum absolute atomic E-state index is 0. The zero-order valence-electron chi connectivity index (χ0n) is 13.6. The van der Waals surface area contributed by atoms with Crippen LogP contribution in [-0.4, -0.2) is 26.0 Å². The van der Waals surface area contributed by atoms with Crippen LogP contribution in [-0.2, 0) is 6.54 Å². The van der Waals surface area contributed by atoms with Crippen molar-refractivity contribution in [3.63, 3.8) is 0 Å². The van der Waals surface area contributed by atoms with Crippen molar-refractivity contribution in [2.75, 3.05) is 29.9 Å². The van der Waals surface area contributed by atoms with E-state index < -0.39 is 0 Å². The summed E-state index contributed by atoms with van der Waals surface area (Å²) in [4.78, 5) is 17.0. The van der Waals surface area contributed by atoms with Gasteiger partial charge in [0.25, 0.3) is 5.91 Å². The molecule has 2 N–H and O–H groups in total. The molecule has 0 unspecified atom stereocenters. The third kappa shape index (κ3) is 4.01. The van der Waals surface area contributed by atoms with Crippen LogP contribution in [0.1, 0.15) is 22.3 Å². The van der Waals surface area contributed by atoms with Gasteiger partial charge in [0.15, 0.2) is 0 Å². The zero-order chi connectivity index (χ0) is 15.5. The summed E-state index contributed by atoms with van der Waals surface area (Å²) in [7, 11) is 2.07. The van der Waals surface area contributed by atoms with Gasteiger partial charge in [0.2, 0.25) is 0 Å². The van der Waals surface area contributed by atoms with E-state index in [2.05, 4.69) is 18.0 Å². The SMILES string of the molecule is CN1CCCN(C(=O)c2ccc(CN)cc2)c2ccccc21.Cl.Cl. The highest BCUT2D eigenvalue weighted by atomic mass is 35.5. The van der Waals surface area contributed by atoms with E-state index in [-0.39, 0.29) is 30.7 Å². The van der Waals surface area contributed by atoms with Gasteiger partial charge < -0.3 is 15.5 Å². The number of para-hydroxylation sites is 2. The third-order valence-electron chi connectivity index (χ3n) is 4.14. The Kier molecular flexibility index (Phi) is 7.55. The number of hydrogen-bond donors (Lipinski definition) is 1. The highest BCUT2D eigenvalue weighted by Crippen LogP contribution is 2.32. The van der Waals surface area contributed by atoms with Gasteiger partial charge in [-0.15, -0.1) is 24.8 Å². The van der Waals surface area contributed by atoms with Crippen molar-refractivity contribution < 1.29 is 4.79 Å². The molecule has 0 atom stereocenters. The average molecular weight is 368 g/mol. The molecule has 1 heterocycles. The molecule has 0 aromatic heterocycles. The van der Waals surface area contributed by atoms with E-state index in [0.29, 0.717) is 12.1 Å². The Hall–Kier alpha value is -1.75. The van der Waals surface area contributed by atoms with Gasteiger partial charge in [0.1, 0.15) is 0 Å². The fourth-order valence-corrected chi connectivity index (χ4v) is 2.87. The second kappa shape index (κ2) is 8.92. The molecule has 6 heteroatoms. The smallest absolute Gasteiger partial charge is 0.258 e. The number of carbonyl (C=O) groups is 1. The second-order valence-corrected chi connectivity index (χ2v) is 5.62. The maximum atomic E-state index is 12.9. The molecule has 2 aromatic rings. The number of nitrogens with zero attached hydrogens (tertiary/aromatic N) is 2. The summed E-state index contributed by atoms with van der Waals surface area (Å²) in [5.74, 6) is 0.0475. The maximum Gasteiger partial charge on any atom is 0.258 e. The fourth-order valence-electron chi connectivity index (χ4n) is 2.87. The molecular weight excluding hydrogens is 345 g/mol. The Morgan fingerprint density at radius 1 is 1.00 bits per heavy atom. The first-order chi connectivity index (χ1) is 10.7. The molecule has 130 valence electrons. The highest BCUT2D eigenvalue weighted by molar-refractivity contribution is 6.08. The summed E-state index contributed by atoms with van der Waals surface area (Å²) in [5.41, 5.74) is 9.44. The lowest BCUT2D eigenvalue weighted by Gasteiger charge is -2.24. The van der Waals surface area contributed by atoms with Gasteiger partial charge in [-0.1, -0.05) is 24.3 Å². The van der Waals surface area contributed by atoms with Gasteiger partial charge in [-0.05, 0) is 36.2 Å². The molecule has 0 bridgehead atoms. The molecule has 4 nitrogen and oxygen atoms in total. The van der Waals surface area contributed by atoms with Crippen molar-refractivity contribution >= 4 is 42.1 Å². The Balaban J connectivity index is 0.00000144. The molecule has 1 aliphatic heterocycles. The monoisotopic (exact) mass is 367 g/mol. The fraction of sp³-hybridized carbons (Fsp3) is 0.278. The van der Waals surface area contributed by atoms with E-state index in [1.54, 1.807) is 0 Å². The van der Waals surface area contributed by atoms with Crippen molar-refractivity contribution in [1.82, 2.24) is 0 Å². The quantitative estimate of drug-likeness (QED) is 0.883. The number of hydrogen-bond acceptors (Lipinski definition) is 3. The Morgan fingerprint density at radius 3 is 2.25 bits per heavy atom. The van der Waals surface area contributed by atoms with Crippen LogP contribution in [0.3, 0.4) is 0 Å². The Labute approximate surface area is 155 Å². The minimum Gasteiger partial charge on any atom is -0.373 e. The predicted molar refractivity (Wildman–Crippen MR) is 105 cm³/mol. The molecule has 0 spiro atoms. The molecule has 3 rings (SSSR count). The molecule has 2 aromatic carbocycles.